The lowest BCUT2D eigenvalue weighted by molar-refractivity contribution is -0.144. The van der Waals surface area contributed by atoms with Gasteiger partial charge in [-0.1, -0.05) is 43.5 Å². The molecular weight excluding hydrogens is 518 g/mol. The van der Waals surface area contributed by atoms with Crippen LogP contribution in [0.15, 0.2) is 41.3 Å². The third kappa shape index (κ3) is 6.64. The number of hydrogen-bond donors (Lipinski definition) is 1. The Balaban J connectivity index is 1.70. The Hall–Kier alpha value is -3.33. The fourth-order valence-corrected chi connectivity index (χ4v) is 5.29. The van der Waals surface area contributed by atoms with Gasteiger partial charge in [0, 0.05) is 41.5 Å². The number of imidazole rings is 1. The van der Waals surface area contributed by atoms with E-state index in [0.29, 0.717) is 48.4 Å². The second kappa shape index (κ2) is 12.2. The van der Waals surface area contributed by atoms with Crippen molar-refractivity contribution in [3.63, 3.8) is 0 Å². The average molecular weight is 556 g/mol. The van der Waals surface area contributed by atoms with Gasteiger partial charge in [0.2, 0.25) is 11.7 Å². The van der Waals surface area contributed by atoms with Gasteiger partial charge in [-0.25, -0.2) is 4.98 Å². The zero-order chi connectivity index (χ0) is 28.2. The molecule has 3 aromatic rings. The molecule has 1 saturated heterocycles. The first kappa shape index (κ1) is 28.7. The van der Waals surface area contributed by atoms with Gasteiger partial charge in [-0.05, 0) is 52.2 Å². The lowest BCUT2D eigenvalue weighted by Crippen LogP contribution is -2.52. The van der Waals surface area contributed by atoms with Gasteiger partial charge in [-0.2, -0.15) is 0 Å². The molecule has 1 amide bonds. The second-order valence-electron chi connectivity index (χ2n) is 10.7. The molecule has 1 atom stereocenters. The van der Waals surface area contributed by atoms with Gasteiger partial charge in [0.15, 0.2) is 0 Å². The summed E-state index contributed by atoms with van der Waals surface area (Å²) in [5, 5.41) is 3.67. The molecule has 2 aromatic heterocycles. The molecule has 1 aliphatic rings. The Morgan fingerprint density at radius 2 is 1.92 bits per heavy atom. The van der Waals surface area contributed by atoms with Gasteiger partial charge >= 0.3 is 5.97 Å². The summed E-state index contributed by atoms with van der Waals surface area (Å²) in [4.78, 5) is 45.8. The summed E-state index contributed by atoms with van der Waals surface area (Å²) in [6.45, 7) is 9.15. The van der Waals surface area contributed by atoms with Gasteiger partial charge in [-0.15, -0.1) is 0 Å². The van der Waals surface area contributed by atoms with E-state index in [4.69, 9.17) is 21.3 Å². The van der Waals surface area contributed by atoms with Crippen molar-refractivity contribution in [1.82, 2.24) is 19.3 Å². The Morgan fingerprint density at radius 1 is 1.18 bits per heavy atom. The smallest absolute Gasteiger partial charge is 0.308 e. The number of carbonyl (C=O) groups is 2. The quantitative estimate of drug-likeness (QED) is 0.269. The number of rotatable bonds is 11. The Bertz CT molecular complexity index is 1380. The second-order valence-corrected chi connectivity index (χ2v) is 11.1. The molecule has 0 saturated carbocycles. The maximum atomic E-state index is 13.5. The number of nitrogens with zero attached hydrogens (tertiary/aromatic N) is 4. The number of carbonyl (C=O) groups excluding carboxylic acids is 2. The Kier molecular flexibility index (Phi) is 9.00. The number of amides is 1. The summed E-state index contributed by atoms with van der Waals surface area (Å²) in [6, 6.07) is 8.52. The summed E-state index contributed by atoms with van der Waals surface area (Å²) in [6.07, 6.45) is 6.31. The first-order valence-corrected chi connectivity index (χ1v) is 14.1. The number of halogens is 1. The molecule has 1 N–H and O–H groups in total. The molecular formula is C29H38ClN5O4. The zero-order valence-electron chi connectivity index (χ0n) is 23.2. The van der Waals surface area contributed by atoms with E-state index in [1.165, 1.54) is 0 Å². The van der Waals surface area contributed by atoms with Crippen LogP contribution in [0.2, 0.25) is 5.02 Å². The van der Waals surface area contributed by atoms with Crippen LogP contribution in [-0.2, 0) is 20.9 Å². The molecule has 1 aliphatic heterocycles. The number of benzene rings is 1. The molecule has 39 heavy (non-hydrogen) atoms. The predicted octanol–water partition coefficient (Wildman–Crippen LogP) is 4.82. The number of unbranched alkanes of at least 4 members (excludes halogenated alkanes) is 2. The van der Waals surface area contributed by atoms with Crippen LogP contribution in [0.3, 0.4) is 0 Å². The molecule has 0 radical (unpaired) electrons. The average Bonchev–Trinajstić information content (AvgIpc) is 3.54. The summed E-state index contributed by atoms with van der Waals surface area (Å²) in [7, 11) is 0. The van der Waals surface area contributed by atoms with Crippen LogP contribution in [0.4, 0.5) is 5.82 Å². The molecule has 0 spiro atoms. The molecule has 3 heterocycles. The van der Waals surface area contributed by atoms with Crippen molar-refractivity contribution in [3.8, 4) is 11.3 Å². The lowest BCUT2D eigenvalue weighted by Gasteiger charge is -2.32. The van der Waals surface area contributed by atoms with Crippen molar-refractivity contribution >= 4 is 35.1 Å². The summed E-state index contributed by atoms with van der Waals surface area (Å²) in [5.74, 6) is 0.724. The highest BCUT2D eigenvalue weighted by molar-refractivity contribution is 6.30. The van der Waals surface area contributed by atoms with E-state index in [0.717, 1.165) is 31.2 Å². The molecule has 0 aliphatic carbocycles. The minimum absolute atomic E-state index is 0.0779. The molecule has 210 valence electrons. The number of aryl methyl sites for hydroxylation is 1. The SMILES string of the molecule is CCCCCn1c(N2CCC[C@H]2C(=O)NC(C)(C)CC(=O)OCC)cc(=O)n2cc(-c3ccc(Cl)cc3)nc12. The van der Waals surface area contributed by atoms with Crippen LogP contribution < -0.4 is 15.8 Å². The highest BCUT2D eigenvalue weighted by Crippen LogP contribution is 2.29. The minimum Gasteiger partial charge on any atom is -0.466 e. The van der Waals surface area contributed by atoms with Crippen molar-refractivity contribution in [2.45, 2.75) is 84.3 Å². The highest BCUT2D eigenvalue weighted by Gasteiger charge is 2.36. The highest BCUT2D eigenvalue weighted by atomic mass is 35.5. The zero-order valence-corrected chi connectivity index (χ0v) is 24.0. The number of esters is 1. The molecule has 10 heteroatoms. The van der Waals surface area contributed by atoms with Gasteiger partial charge in [-0.3, -0.25) is 23.4 Å². The lowest BCUT2D eigenvalue weighted by atomic mass is 10.00. The van der Waals surface area contributed by atoms with E-state index in [1.807, 2.05) is 30.9 Å². The van der Waals surface area contributed by atoms with E-state index >= 15 is 0 Å². The van der Waals surface area contributed by atoms with Crippen molar-refractivity contribution in [2.24, 2.45) is 0 Å². The number of aromatic nitrogens is 3. The standard InChI is InChI=1S/C29H38ClN5O4/c1-5-7-8-15-34-24(17-25(36)35-19-22(31-28(34)35)20-11-13-21(30)14-12-20)33-16-9-10-23(33)27(38)32-29(3,4)18-26(37)39-6-2/h11-14,17,19,23H,5-10,15-16,18H2,1-4H3,(H,32,38)/t23-/m0/s1. The van der Waals surface area contributed by atoms with E-state index in [2.05, 4.69) is 16.8 Å². The van der Waals surface area contributed by atoms with Crippen molar-refractivity contribution < 1.29 is 14.3 Å². The van der Waals surface area contributed by atoms with Crippen LogP contribution in [0.1, 0.15) is 66.2 Å². The van der Waals surface area contributed by atoms with Crippen molar-refractivity contribution in [1.29, 1.82) is 0 Å². The third-order valence-electron chi connectivity index (χ3n) is 7.02. The molecule has 4 rings (SSSR count). The number of hydrogen-bond acceptors (Lipinski definition) is 6. The topological polar surface area (TPSA) is 97.9 Å². The molecule has 0 unspecified atom stereocenters. The first-order valence-electron chi connectivity index (χ1n) is 13.8. The van der Waals surface area contributed by atoms with Crippen LogP contribution in [0.25, 0.3) is 17.0 Å². The fourth-order valence-electron chi connectivity index (χ4n) is 5.16. The third-order valence-corrected chi connectivity index (χ3v) is 7.28. The fraction of sp³-hybridized carbons (Fsp3) is 0.517. The Labute approximate surface area is 234 Å². The maximum absolute atomic E-state index is 13.5. The Morgan fingerprint density at radius 3 is 2.62 bits per heavy atom. The minimum atomic E-state index is -0.765. The van der Waals surface area contributed by atoms with Crippen LogP contribution in [0.5, 0.6) is 0 Å². The van der Waals surface area contributed by atoms with E-state index < -0.39 is 11.6 Å². The number of fused-ring (bicyclic) bond motifs is 1. The van der Waals surface area contributed by atoms with E-state index in [-0.39, 0.29) is 23.9 Å². The monoisotopic (exact) mass is 555 g/mol. The molecule has 1 aromatic carbocycles. The van der Waals surface area contributed by atoms with Crippen molar-refractivity contribution in [3.05, 3.63) is 51.9 Å². The maximum Gasteiger partial charge on any atom is 0.308 e. The molecule has 9 nitrogen and oxygen atoms in total. The number of anilines is 1. The van der Waals surface area contributed by atoms with Crippen LogP contribution in [0, 0.1) is 0 Å². The van der Waals surface area contributed by atoms with Gasteiger partial charge < -0.3 is 15.0 Å². The van der Waals surface area contributed by atoms with E-state index in [1.54, 1.807) is 35.7 Å². The first-order chi connectivity index (χ1) is 18.6. The largest absolute Gasteiger partial charge is 0.466 e. The molecule has 1 fully saturated rings. The van der Waals surface area contributed by atoms with Gasteiger partial charge in [0.25, 0.3) is 5.56 Å². The van der Waals surface area contributed by atoms with E-state index in [9.17, 15) is 14.4 Å². The van der Waals surface area contributed by atoms with Gasteiger partial charge in [0.1, 0.15) is 11.9 Å². The van der Waals surface area contributed by atoms with Crippen molar-refractivity contribution in [2.75, 3.05) is 18.1 Å². The summed E-state index contributed by atoms with van der Waals surface area (Å²) < 4.78 is 8.71. The summed E-state index contributed by atoms with van der Waals surface area (Å²) >= 11 is 6.07. The predicted molar refractivity (Wildman–Crippen MR) is 153 cm³/mol. The van der Waals surface area contributed by atoms with Gasteiger partial charge in [0.05, 0.1) is 18.7 Å². The van der Waals surface area contributed by atoms with Crippen LogP contribution >= 0.6 is 11.6 Å². The van der Waals surface area contributed by atoms with Crippen LogP contribution in [-0.4, -0.2) is 50.6 Å². The molecule has 0 bridgehead atoms. The number of ether oxygens (including phenoxy) is 1. The number of nitrogens with one attached hydrogen (secondary N) is 1. The summed E-state index contributed by atoms with van der Waals surface area (Å²) in [5.41, 5.74) is 0.583. The normalized spacial score (nSPS) is 15.6.